The van der Waals surface area contributed by atoms with E-state index in [1.807, 2.05) is 12.3 Å². The van der Waals surface area contributed by atoms with Gasteiger partial charge >= 0.3 is 0 Å². The van der Waals surface area contributed by atoms with Crippen LogP contribution in [0.5, 0.6) is 0 Å². The van der Waals surface area contributed by atoms with Crippen LogP contribution >= 0.6 is 0 Å². The maximum atomic E-state index is 14.9. The smallest absolute Gasteiger partial charge is 0.149 e. The van der Waals surface area contributed by atoms with Crippen molar-refractivity contribution < 1.29 is 18.3 Å². The fourth-order valence-corrected chi connectivity index (χ4v) is 5.32. The predicted molar refractivity (Wildman–Crippen MR) is 129 cm³/mol. The van der Waals surface area contributed by atoms with Crippen molar-refractivity contribution in [1.29, 1.82) is 0 Å². The Kier molecular flexibility index (Phi) is 6.30. The number of rotatable bonds is 6. The van der Waals surface area contributed by atoms with Crippen LogP contribution in [0, 0.1) is 29.3 Å². The van der Waals surface area contributed by atoms with Crippen molar-refractivity contribution in [3.8, 4) is 11.3 Å². The summed E-state index contributed by atoms with van der Waals surface area (Å²) in [6, 6.07) is 6.96. The summed E-state index contributed by atoms with van der Waals surface area (Å²) in [6.07, 6.45) is 6.88. The molecule has 0 radical (unpaired) electrons. The van der Waals surface area contributed by atoms with E-state index in [4.69, 9.17) is 0 Å². The summed E-state index contributed by atoms with van der Waals surface area (Å²) in [5.74, 6) is -1.42. The summed E-state index contributed by atoms with van der Waals surface area (Å²) in [6.45, 7) is 6.51. The van der Waals surface area contributed by atoms with E-state index in [1.165, 1.54) is 12.5 Å². The van der Waals surface area contributed by atoms with Gasteiger partial charge in [-0.15, -0.1) is 0 Å². The summed E-state index contributed by atoms with van der Waals surface area (Å²) in [7, 11) is 0. The van der Waals surface area contributed by atoms with Crippen LogP contribution in [-0.2, 0) is 18.4 Å². The van der Waals surface area contributed by atoms with Crippen LogP contribution in [0.2, 0.25) is 0 Å². The number of piperidine rings is 1. The molecule has 5 rings (SSSR count). The van der Waals surface area contributed by atoms with E-state index in [-0.39, 0.29) is 11.3 Å². The minimum absolute atomic E-state index is 0.179. The second-order valence-electron chi connectivity index (χ2n) is 10.3. The fraction of sp³-hybridized carbons (Fsp3) is 0.429. The van der Waals surface area contributed by atoms with Crippen LogP contribution in [0.3, 0.4) is 0 Å². The molecular formula is C28H30F3N3O. The third-order valence-corrected chi connectivity index (χ3v) is 7.18. The van der Waals surface area contributed by atoms with Gasteiger partial charge in [-0.1, -0.05) is 13.8 Å². The Morgan fingerprint density at radius 1 is 0.971 bits per heavy atom. The summed E-state index contributed by atoms with van der Waals surface area (Å²) in [4.78, 5) is 11.0. The van der Waals surface area contributed by atoms with Gasteiger partial charge in [-0.2, -0.15) is 0 Å². The number of halogens is 3. The van der Waals surface area contributed by atoms with Crippen LogP contribution in [0.15, 0.2) is 42.7 Å². The van der Waals surface area contributed by atoms with Gasteiger partial charge in [0.2, 0.25) is 0 Å². The highest BCUT2D eigenvalue weighted by molar-refractivity contribution is 5.63. The van der Waals surface area contributed by atoms with Gasteiger partial charge in [0.15, 0.2) is 0 Å². The van der Waals surface area contributed by atoms with Gasteiger partial charge < -0.3 is 10.0 Å². The number of aromatic nitrogens is 2. The molecule has 7 heteroatoms. The Bertz CT molecular complexity index is 1210. The molecule has 1 saturated heterocycles. The van der Waals surface area contributed by atoms with Gasteiger partial charge in [0, 0.05) is 36.9 Å². The van der Waals surface area contributed by atoms with Gasteiger partial charge in [-0.3, -0.25) is 4.98 Å². The topological polar surface area (TPSA) is 49.2 Å². The Morgan fingerprint density at radius 2 is 1.66 bits per heavy atom. The fourth-order valence-electron chi connectivity index (χ4n) is 5.32. The maximum absolute atomic E-state index is 14.9. The number of aryl methyl sites for hydroxylation is 2. The zero-order valence-electron chi connectivity index (χ0n) is 20.1. The molecule has 1 saturated carbocycles. The van der Waals surface area contributed by atoms with Crippen molar-refractivity contribution in [3.63, 3.8) is 0 Å². The highest BCUT2D eigenvalue weighted by atomic mass is 19.1. The molecule has 0 bridgehead atoms. The first-order valence-corrected chi connectivity index (χ1v) is 12.3. The zero-order valence-corrected chi connectivity index (χ0v) is 20.1. The summed E-state index contributed by atoms with van der Waals surface area (Å²) < 4.78 is 44.4. The maximum Gasteiger partial charge on any atom is 0.149 e. The molecule has 2 fully saturated rings. The average Bonchev–Trinajstić information content (AvgIpc) is 3.57. The normalized spacial score (nSPS) is 21.3. The van der Waals surface area contributed by atoms with Gasteiger partial charge in [0.25, 0.3) is 0 Å². The van der Waals surface area contributed by atoms with E-state index in [0.717, 1.165) is 36.5 Å². The van der Waals surface area contributed by atoms with Crippen molar-refractivity contribution in [3.05, 3.63) is 77.0 Å². The molecule has 1 N–H and O–H groups in total. The van der Waals surface area contributed by atoms with Crippen molar-refractivity contribution in [1.82, 2.24) is 9.97 Å². The molecule has 2 aliphatic rings. The molecule has 0 spiro atoms. The van der Waals surface area contributed by atoms with E-state index in [2.05, 4.69) is 28.7 Å². The Balaban J connectivity index is 1.39. The van der Waals surface area contributed by atoms with Crippen LogP contribution in [0.25, 0.3) is 11.3 Å². The summed E-state index contributed by atoms with van der Waals surface area (Å²) in [5.41, 5.74) is 0.901. The molecule has 1 aliphatic heterocycles. The first kappa shape index (κ1) is 23.8. The van der Waals surface area contributed by atoms with Crippen molar-refractivity contribution in [2.45, 2.75) is 51.6 Å². The third-order valence-electron chi connectivity index (χ3n) is 7.18. The van der Waals surface area contributed by atoms with E-state index < -0.39 is 28.6 Å². The molecule has 2 aromatic heterocycles. The van der Waals surface area contributed by atoms with E-state index >= 15 is 0 Å². The van der Waals surface area contributed by atoms with Crippen molar-refractivity contribution >= 4 is 5.69 Å². The summed E-state index contributed by atoms with van der Waals surface area (Å²) >= 11 is 0. The van der Waals surface area contributed by atoms with Crippen molar-refractivity contribution in [2.75, 3.05) is 18.0 Å². The Hall–Kier alpha value is -2.93. The SMILES string of the molecule is C[C@@H]1C[C@H](C)CN(c2ccncc2CCc2ccc(F)c(-c3c(F)cc(C4(O)CC4)cc3F)n2)C1. The minimum atomic E-state index is -1.18. The number of benzene rings is 1. The van der Waals surface area contributed by atoms with Gasteiger partial charge in [0.05, 0.1) is 11.2 Å². The minimum Gasteiger partial charge on any atom is -0.385 e. The zero-order chi connectivity index (χ0) is 24.7. The lowest BCUT2D eigenvalue weighted by atomic mass is 9.91. The first-order valence-electron chi connectivity index (χ1n) is 12.3. The van der Waals surface area contributed by atoms with E-state index in [0.29, 0.717) is 43.2 Å². The number of pyridine rings is 2. The lowest BCUT2D eigenvalue weighted by Gasteiger charge is -2.37. The molecule has 35 heavy (non-hydrogen) atoms. The standard InChI is InChI=1S/C28H30F3N3O/c1-17-11-18(2)16-34(15-17)25-7-10-32-14-19(25)3-4-21-5-6-22(29)27(33-21)26-23(30)12-20(13-24(26)31)28(35)8-9-28/h5-7,10,12-14,17-18,35H,3-4,8-9,11,15-16H2,1-2H3/t17-,18+. The molecule has 1 aromatic carbocycles. The lowest BCUT2D eigenvalue weighted by molar-refractivity contribution is 0.150. The van der Waals surface area contributed by atoms with Crippen LogP contribution in [-0.4, -0.2) is 28.2 Å². The molecule has 1 aliphatic carbocycles. The number of nitrogens with zero attached hydrogens (tertiary/aromatic N) is 3. The second-order valence-corrected chi connectivity index (χ2v) is 10.3. The first-order chi connectivity index (χ1) is 16.7. The molecular weight excluding hydrogens is 451 g/mol. The average molecular weight is 482 g/mol. The predicted octanol–water partition coefficient (Wildman–Crippen LogP) is 5.81. The van der Waals surface area contributed by atoms with Gasteiger partial charge in [-0.25, -0.2) is 18.2 Å². The number of hydrogen-bond acceptors (Lipinski definition) is 4. The Morgan fingerprint density at radius 3 is 2.31 bits per heavy atom. The number of aliphatic hydroxyl groups is 1. The third kappa shape index (κ3) is 4.92. The molecule has 3 aromatic rings. The van der Waals surface area contributed by atoms with Crippen LogP contribution in [0.1, 0.15) is 49.9 Å². The lowest BCUT2D eigenvalue weighted by Crippen LogP contribution is -2.39. The van der Waals surface area contributed by atoms with Gasteiger partial charge in [-0.05, 0) is 85.4 Å². The molecule has 3 heterocycles. The Labute approximate surface area is 203 Å². The van der Waals surface area contributed by atoms with Crippen LogP contribution in [0.4, 0.5) is 18.9 Å². The molecule has 0 amide bonds. The van der Waals surface area contributed by atoms with Crippen LogP contribution < -0.4 is 4.90 Å². The second kappa shape index (κ2) is 9.26. The van der Waals surface area contributed by atoms with E-state index in [1.54, 1.807) is 12.3 Å². The molecule has 2 atom stereocenters. The largest absolute Gasteiger partial charge is 0.385 e. The van der Waals surface area contributed by atoms with Crippen molar-refractivity contribution in [2.24, 2.45) is 11.8 Å². The molecule has 0 unspecified atom stereocenters. The molecule has 184 valence electrons. The number of hydrogen-bond donors (Lipinski definition) is 1. The number of anilines is 1. The summed E-state index contributed by atoms with van der Waals surface area (Å²) in [5, 5.41) is 10.2. The highest BCUT2D eigenvalue weighted by Crippen LogP contribution is 2.46. The monoisotopic (exact) mass is 481 g/mol. The highest BCUT2D eigenvalue weighted by Gasteiger charge is 2.43. The van der Waals surface area contributed by atoms with Gasteiger partial charge in [0.1, 0.15) is 23.1 Å². The van der Waals surface area contributed by atoms with E-state index in [9.17, 15) is 18.3 Å². The quantitative estimate of drug-likeness (QED) is 0.483. The molecule has 4 nitrogen and oxygen atoms in total.